The zero-order valence-electron chi connectivity index (χ0n) is 16.4. The first-order valence-corrected chi connectivity index (χ1v) is 9.64. The van der Waals surface area contributed by atoms with Crippen molar-refractivity contribution < 1.29 is 19.8 Å². The third kappa shape index (κ3) is 4.62. The lowest BCUT2D eigenvalue weighted by molar-refractivity contribution is -0.131. The van der Waals surface area contributed by atoms with Gasteiger partial charge in [-0.15, -0.1) is 0 Å². The highest BCUT2D eigenvalue weighted by Crippen LogP contribution is 2.30. The molecule has 0 aliphatic carbocycles. The fourth-order valence-electron chi connectivity index (χ4n) is 3.44. The molecular weight excluding hydrogens is 390 g/mol. The number of carboxylic acid groups (broad SMARTS) is 1. The summed E-state index contributed by atoms with van der Waals surface area (Å²) < 4.78 is 0. The first-order chi connectivity index (χ1) is 15.0. The van der Waals surface area contributed by atoms with Crippen LogP contribution in [-0.2, 0) is 4.79 Å². The Morgan fingerprint density at radius 3 is 2.42 bits per heavy atom. The number of rotatable bonds is 5. The topological polar surface area (TPSA) is 86.6 Å². The molecule has 5 nitrogen and oxygen atoms in total. The van der Waals surface area contributed by atoms with Gasteiger partial charge in [0.05, 0.1) is 0 Å². The number of carboxylic acids is 1. The number of benzene rings is 4. The molecule has 0 fully saturated rings. The van der Waals surface area contributed by atoms with Crippen LogP contribution in [0.25, 0.3) is 28.0 Å². The minimum Gasteiger partial charge on any atom is -0.508 e. The Morgan fingerprint density at radius 2 is 1.61 bits per heavy atom. The summed E-state index contributed by atoms with van der Waals surface area (Å²) in [6.07, 6.45) is 2.52. The minimum absolute atomic E-state index is 0.155. The van der Waals surface area contributed by atoms with Crippen LogP contribution in [0.15, 0.2) is 91.0 Å². The molecule has 0 saturated heterocycles. The number of fused-ring (bicyclic) bond motifs is 1. The molecular formula is C26H19NO4. The number of aliphatic carboxylic acids is 1. The van der Waals surface area contributed by atoms with Crippen molar-refractivity contribution in [1.82, 2.24) is 0 Å². The first-order valence-electron chi connectivity index (χ1n) is 9.64. The van der Waals surface area contributed by atoms with Crippen LogP contribution in [0.4, 0.5) is 5.69 Å². The maximum atomic E-state index is 13.2. The second-order valence-corrected chi connectivity index (χ2v) is 7.05. The molecule has 0 spiro atoms. The summed E-state index contributed by atoms with van der Waals surface area (Å²) in [5.41, 5.74) is 3.35. The number of nitrogens with one attached hydrogen (secondary N) is 1. The van der Waals surface area contributed by atoms with Gasteiger partial charge in [-0.05, 0) is 69.9 Å². The van der Waals surface area contributed by atoms with Gasteiger partial charge in [-0.3, -0.25) is 4.79 Å². The highest BCUT2D eigenvalue weighted by molar-refractivity contribution is 6.14. The molecule has 4 rings (SSSR count). The summed E-state index contributed by atoms with van der Waals surface area (Å²) in [6.45, 7) is 0. The highest BCUT2D eigenvalue weighted by atomic mass is 16.4. The smallest absolute Gasteiger partial charge is 0.328 e. The Labute approximate surface area is 178 Å². The van der Waals surface area contributed by atoms with Gasteiger partial charge in [0, 0.05) is 17.3 Å². The van der Waals surface area contributed by atoms with Gasteiger partial charge >= 0.3 is 5.97 Å². The van der Waals surface area contributed by atoms with Crippen molar-refractivity contribution in [3.05, 3.63) is 102 Å². The molecule has 0 heterocycles. The molecule has 0 atom stereocenters. The van der Waals surface area contributed by atoms with E-state index in [2.05, 4.69) is 5.32 Å². The fourth-order valence-corrected chi connectivity index (χ4v) is 3.44. The van der Waals surface area contributed by atoms with Crippen LogP contribution in [0.1, 0.15) is 15.9 Å². The van der Waals surface area contributed by atoms with Gasteiger partial charge in [0.25, 0.3) is 5.91 Å². The van der Waals surface area contributed by atoms with Gasteiger partial charge in [0.15, 0.2) is 0 Å². The number of carbonyl (C=O) groups is 2. The van der Waals surface area contributed by atoms with Crippen LogP contribution in [-0.4, -0.2) is 22.1 Å². The summed E-state index contributed by atoms with van der Waals surface area (Å²) in [5, 5.41) is 23.3. The zero-order chi connectivity index (χ0) is 21.8. The van der Waals surface area contributed by atoms with E-state index >= 15 is 0 Å². The quantitative estimate of drug-likeness (QED) is 0.377. The third-order valence-corrected chi connectivity index (χ3v) is 4.85. The van der Waals surface area contributed by atoms with E-state index in [1.807, 2.05) is 36.4 Å². The molecule has 0 aliphatic rings. The molecule has 4 aromatic rings. The largest absolute Gasteiger partial charge is 0.508 e. The van der Waals surface area contributed by atoms with Crippen LogP contribution in [0.5, 0.6) is 5.75 Å². The zero-order valence-corrected chi connectivity index (χ0v) is 16.4. The summed E-state index contributed by atoms with van der Waals surface area (Å²) in [6, 6.07) is 25.3. The monoisotopic (exact) mass is 409 g/mol. The van der Waals surface area contributed by atoms with E-state index in [1.54, 1.807) is 48.5 Å². The lowest BCUT2D eigenvalue weighted by Crippen LogP contribution is -2.12. The van der Waals surface area contributed by atoms with Crippen molar-refractivity contribution in [2.75, 3.05) is 5.32 Å². The van der Waals surface area contributed by atoms with Gasteiger partial charge in [-0.2, -0.15) is 0 Å². The van der Waals surface area contributed by atoms with Crippen LogP contribution in [0.2, 0.25) is 0 Å². The SMILES string of the molecule is O=C(O)/C=C/c1cccc(NC(=O)c2cc(-c3cccc(O)c3)cc3ccccc23)c1. The first kappa shape index (κ1) is 19.9. The number of aromatic hydroxyl groups is 1. The normalized spacial score (nSPS) is 11.0. The summed E-state index contributed by atoms with van der Waals surface area (Å²) in [4.78, 5) is 23.9. The Kier molecular flexibility index (Phi) is 5.49. The second kappa shape index (κ2) is 8.55. The van der Waals surface area contributed by atoms with Crippen molar-refractivity contribution in [3.63, 3.8) is 0 Å². The molecule has 0 saturated carbocycles. The molecule has 0 radical (unpaired) electrons. The van der Waals surface area contributed by atoms with Crippen molar-refractivity contribution in [2.24, 2.45) is 0 Å². The van der Waals surface area contributed by atoms with Crippen LogP contribution < -0.4 is 5.32 Å². The molecule has 152 valence electrons. The third-order valence-electron chi connectivity index (χ3n) is 4.85. The number of hydrogen-bond acceptors (Lipinski definition) is 3. The maximum absolute atomic E-state index is 13.2. The molecule has 0 unspecified atom stereocenters. The van der Waals surface area contributed by atoms with Gasteiger partial charge in [-0.25, -0.2) is 4.79 Å². The van der Waals surface area contributed by atoms with E-state index in [0.717, 1.165) is 28.0 Å². The number of hydrogen-bond donors (Lipinski definition) is 3. The van der Waals surface area contributed by atoms with Crippen LogP contribution in [0.3, 0.4) is 0 Å². The van der Waals surface area contributed by atoms with E-state index in [9.17, 15) is 14.7 Å². The lowest BCUT2D eigenvalue weighted by atomic mass is 9.96. The van der Waals surface area contributed by atoms with Gasteiger partial charge in [-0.1, -0.05) is 48.5 Å². The molecule has 31 heavy (non-hydrogen) atoms. The standard InChI is InChI=1S/C26H19NO4/c28-22-9-4-7-18(15-22)20-14-19-6-1-2-10-23(19)24(16-20)26(31)27-21-8-3-5-17(13-21)11-12-25(29)30/h1-16,28H,(H,27,31)(H,29,30)/b12-11+. The Balaban J connectivity index is 1.72. The van der Waals surface area contributed by atoms with E-state index in [-0.39, 0.29) is 11.7 Å². The number of phenolic OH excluding ortho intramolecular Hbond substituents is 1. The van der Waals surface area contributed by atoms with E-state index in [1.165, 1.54) is 6.08 Å². The molecule has 0 aromatic heterocycles. The summed E-state index contributed by atoms with van der Waals surface area (Å²) in [7, 11) is 0. The second-order valence-electron chi connectivity index (χ2n) is 7.05. The molecule has 0 bridgehead atoms. The Bertz CT molecular complexity index is 1320. The molecule has 0 aliphatic heterocycles. The van der Waals surface area contributed by atoms with E-state index < -0.39 is 5.97 Å². The predicted octanol–water partition coefficient (Wildman–Crippen LogP) is 5.56. The average Bonchev–Trinajstić information content (AvgIpc) is 2.77. The number of amides is 1. The van der Waals surface area contributed by atoms with Crippen molar-refractivity contribution in [2.45, 2.75) is 0 Å². The molecule has 4 aromatic carbocycles. The van der Waals surface area contributed by atoms with Crippen molar-refractivity contribution in [1.29, 1.82) is 0 Å². The maximum Gasteiger partial charge on any atom is 0.328 e. The highest BCUT2D eigenvalue weighted by Gasteiger charge is 2.13. The van der Waals surface area contributed by atoms with Gasteiger partial charge < -0.3 is 15.5 Å². The predicted molar refractivity (Wildman–Crippen MR) is 122 cm³/mol. The molecule has 3 N–H and O–H groups in total. The van der Waals surface area contributed by atoms with Gasteiger partial charge in [0.1, 0.15) is 5.75 Å². The fraction of sp³-hybridized carbons (Fsp3) is 0. The van der Waals surface area contributed by atoms with Gasteiger partial charge in [0.2, 0.25) is 0 Å². The van der Waals surface area contributed by atoms with E-state index in [4.69, 9.17) is 5.11 Å². The molecule has 5 heteroatoms. The van der Waals surface area contributed by atoms with E-state index in [0.29, 0.717) is 16.8 Å². The number of anilines is 1. The minimum atomic E-state index is -1.04. The summed E-state index contributed by atoms with van der Waals surface area (Å²) in [5.74, 6) is -1.16. The lowest BCUT2D eigenvalue weighted by Gasteiger charge is -2.12. The average molecular weight is 409 g/mol. The van der Waals surface area contributed by atoms with Crippen molar-refractivity contribution >= 4 is 34.4 Å². The Hall–Kier alpha value is -4.38. The van der Waals surface area contributed by atoms with Crippen LogP contribution >= 0.6 is 0 Å². The number of carbonyl (C=O) groups excluding carboxylic acids is 1. The summed E-state index contributed by atoms with van der Waals surface area (Å²) >= 11 is 0. The molecule has 1 amide bonds. The Morgan fingerprint density at radius 1 is 0.806 bits per heavy atom. The number of phenols is 1. The van der Waals surface area contributed by atoms with Crippen molar-refractivity contribution in [3.8, 4) is 16.9 Å². The van der Waals surface area contributed by atoms with Crippen LogP contribution in [0, 0.1) is 0 Å².